The quantitative estimate of drug-likeness (QED) is 0.609. The van der Waals surface area contributed by atoms with Gasteiger partial charge in [-0.15, -0.1) is 0 Å². The SMILES string of the molecule is CN1CCN(c2ccc(Nc3ncc(C(=O)c4c(F)cccc4F)c(N)n3)cc2)CC1. The summed E-state index contributed by atoms with van der Waals surface area (Å²) in [6, 6.07) is 11.0. The molecular formula is C22H22F2N6O. The minimum Gasteiger partial charge on any atom is -0.383 e. The molecule has 1 aliphatic rings. The Morgan fingerprint density at radius 1 is 1.03 bits per heavy atom. The van der Waals surface area contributed by atoms with E-state index in [1.807, 2.05) is 24.3 Å². The Morgan fingerprint density at radius 3 is 2.29 bits per heavy atom. The van der Waals surface area contributed by atoms with Gasteiger partial charge in [0.05, 0.1) is 11.1 Å². The van der Waals surface area contributed by atoms with Crippen LogP contribution in [0.2, 0.25) is 0 Å². The topological polar surface area (TPSA) is 87.4 Å². The summed E-state index contributed by atoms with van der Waals surface area (Å²) in [5, 5.41) is 3.02. The van der Waals surface area contributed by atoms with E-state index in [0.29, 0.717) is 0 Å². The lowest BCUT2D eigenvalue weighted by Gasteiger charge is -2.34. The molecular weight excluding hydrogens is 402 g/mol. The van der Waals surface area contributed by atoms with Gasteiger partial charge in [-0.05, 0) is 43.4 Å². The molecule has 1 aromatic heterocycles. The monoisotopic (exact) mass is 424 g/mol. The maximum atomic E-state index is 13.9. The van der Waals surface area contributed by atoms with Gasteiger partial charge in [0, 0.05) is 43.8 Å². The van der Waals surface area contributed by atoms with Crippen LogP contribution in [-0.2, 0) is 0 Å². The number of likely N-dealkylation sites (N-methyl/N-ethyl adjacent to an activating group) is 1. The summed E-state index contributed by atoms with van der Waals surface area (Å²) in [5.74, 6) is -2.83. The summed E-state index contributed by atoms with van der Waals surface area (Å²) >= 11 is 0. The second-order valence-electron chi connectivity index (χ2n) is 7.38. The Kier molecular flexibility index (Phi) is 5.77. The smallest absolute Gasteiger partial charge is 0.229 e. The van der Waals surface area contributed by atoms with Crippen molar-refractivity contribution in [3.8, 4) is 0 Å². The molecule has 31 heavy (non-hydrogen) atoms. The number of nitrogens with two attached hydrogens (primary N) is 1. The maximum Gasteiger partial charge on any atom is 0.229 e. The van der Waals surface area contributed by atoms with Crippen LogP contribution in [0.5, 0.6) is 0 Å². The molecule has 160 valence electrons. The van der Waals surface area contributed by atoms with Gasteiger partial charge in [0.25, 0.3) is 0 Å². The molecule has 0 unspecified atom stereocenters. The molecule has 1 saturated heterocycles. The van der Waals surface area contributed by atoms with E-state index >= 15 is 0 Å². The number of hydrogen-bond donors (Lipinski definition) is 2. The molecule has 3 N–H and O–H groups in total. The molecule has 7 nitrogen and oxygen atoms in total. The molecule has 0 atom stereocenters. The number of hydrogen-bond acceptors (Lipinski definition) is 7. The Labute approximate surface area is 178 Å². The van der Waals surface area contributed by atoms with Gasteiger partial charge in [-0.2, -0.15) is 4.98 Å². The van der Waals surface area contributed by atoms with Crippen molar-refractivity contribution in [3.05, 3.63) is 71.4 Å². The second-order valence-corrected chi connectivity index (χ2v) is 7.38. The molecule has 0 aliphatic carbocycles. The minimum atomic E-state index is -0.966. The predicted molar refractivity (Wildman–Crippen MR) is 116 cm³/mol. The highest BCUT2D eigenvalue weighted by Crippen LogP contribution is 2.23. The summed E-state index contributed by atoms with van der Waals surface area (Å²) in [5.41, 5.74) is 6.91. The van der Waals surface area contributed by atoms with Crippen molar-refractivity contribution in [3.63, 3.8) is 0 Å². The number of carbonyl (C=O) groups is 1. The van der Waals surface area contributed by atoms with Gasteiger partial charge >= 0.3 is 0 Å². The van der Waals surface area contributed by atoms with Crippen LogP contribution < -0.4 is 16.0 Å². The van der Waals surface area contributed by atoms with E-state index in [2.05, 4.69) is 32.1 Å². The van der Waals surface area contributed by atoms with Crippen LogP contribution in [0, 0.1) is 11.6 Å². The minimum absolute atomic E-state index is 0.167. The van der Waals surface area contributed by atoms with Crippen LogP contribution in [-0.4, -0.2) is 53.9 Å². The van der Waals surface area contributed by atoms with Crippen LogP contribution in [0.3, 0.4) is 0 Å². The molecule has 1 fully saturated rings. The molecule has 4 rings (SSSR count). The molecule has 0 bridgehead atoms. The number of halogens is 2. The number of ketones is 1. The van der Waals surface area contributed by atoms with Gasteiger partial charge in [0.15, 0.2) is 0 Å². The number of aromatic nitrogens is 2. The van der Waals surface area contributed by atoms with E-state index in [4.69, 9.17) is 5.73 Å². The summed E-state index contributed by atoms with van der Waals surface area (Å²) in [6.07, 6.45) is 1.16. The van der Waals surface area contributed by atoms with E-state index in [1.54, 1.807) is 0 Å². The van der Waals surface area contributed by atoms with Crippen molar-refractivity contribution in [2.24, 2.45) is 0 Å². The fraction of sp³-hybridized carbons (Fsp3) is 0.227. The Bertz CT molecular complexity index is 1080. The van der Waals surface area contributed by atoms with E-state index in [9.17, 15) is 13.6 Å². The molecule has 0 spiro atoms. The van der Waals surface area contributed by atoms with E-state index < -0.39 is 23.0 Å². The number of benzene rings is 2. The number of nitrogen functional groups attached to an aromatic ring is 1. The predicted octanol–water partition coefficient (Wildman–Crippen LogP) is 3.06. The van der Waals surface area contributed by atoms with Gasteiger partial charge in [0.2, 0.25) is 11.7 Å². The molecule has 3 aromatic rings. The lowest BCUT2D eigenvalue weighted by Crippen LogP contribution is -2.44. The summed E-state index contributed by atoms with van der Waals surface area (Å²) in [7, 11) is 2.11. The number of piperazine rings is 1. The van der Waals surface area contributed by atoms with Gasteiger partial charge in [-0.3, -0.25) is 4.79 Å². The zero-order chi connectivity index (χ0) is 22.0. The molecule has 2 heterocycles. The molecule has 1 aliphatic heterocycles. The normalized spacial score (nSPS) is 14.5. The van der Waals surface area contributed by atoms with Crippen molar-refractivity contribution in [1.29, 1.82) is 0 Å². The lowest BCUT2D eigenvalue weighted by atomic mass is 10.0. The maximum absolute atomic E-state index is 13.9. The van der Waals surface area contributed by atoms with Crippen molar-refractivity contribution in [2.45, 2.75) is 0 Å². The number of rotatable bonds is 5. The fourth-order valence-corrected chi connectivity index (χ4v) is 3.43. The highest BCUT2D eigenvalue weighted by Gasteiger charge is 2.22. The lowest BCUT2D eigenvalue weighted by molar-refractivity contribution is 0.103. The average molecular weight is 424 g/mol. The van der Waals surface area contributed by atoms with Crippen LogP contribution in [0.4, 0.5) is 31.9 Å². The van der Waals surface area contributed by atoms with Gasteiger partial charge in [-0.1, -0.05) is 6.07 Å². The third-order valence-corrected chi connectivity index (χ3v) is 5.24. The Morgan fingerprint density at radius 2 is 1.68 bits per heavy atom. The molecule has 0 radical (unpaired) electrons. The van der Waals surface area contributed by atoms with E-state index in [0.717, 1.165) is 55.9 Å². The molecule has 0 amide bonds. The summed E-state index contributed by atoms with van der Waals surface area (Å²) in [6.45, 7) is 3.99. The van der Waals surface area contributed by atoms with Gasteiger partial charge < -0.3 is 20.9 Å². The van der Waals surface area contributed by atoms with E-state index in [1.165, 1.54) is 6.07 Å². The first-order valence-corrected chi connectivity index (χ1v) is 9.84. The molecule has 2 aromatic carbocycles. The highest BCUT2D eigenvalue weighted by atomic mass is 19.1. The van der Waals surface area contributed by atoms with Crippen molar-refractivity contribution in [1.82, 2.24) is 14.9 Å². The first kappa shape index (κ1) is 20.7. The first-order chi connectivity index (χ1) is 14.9. The number of carbonyl (C=O) groups excluding carboxylic acids is 1. The molecule has 9 heteroatoms. The third kappa shape index (κ3) is 4.46. The number of nitrogens with one attached hydrogen (secondary N) is 1. The van der Waals surface area contributed by atoms with E-state index in [-0.39, 0.29) is 17.3 Å². The number of anilines is 4. The zero-order valence-electron chi connectivity index (χ0n) is 17.0. The fourth-order valence-electron chi connectivity index (χ4n) is 3.43. The third-order valence-electron chi connectivity index (χ3n) is 5.24. The summed E-state index contributed by atoms with van der Waals surface area (Å²) in [4.78, 5) is 25.3. The van der Waals surface area contributed by atoms with Crippen molar-refractivity contribution < 1.29 is 13.6 Å². The first-order valence-electron chi connectivity index (χ1n) is 9.84. The Balaban J connectivity index is 1.48. The van der Waals surface area contributed by atoms with Crippen LogP contribution >= 0.6 is 0 Å². The molecule has 0 saturated carbocycles. The van der Waals surface area contributed by atoms with Crippen LogP contribution in [0.1, 0.15) is 15.9 Å². The van der Waals surface area contributed by atoms with Crippen molar-refractivity contribution in [2.75, 3.05) is 49.2 Å². The van der Waals surface area contributed by atoms with Gasteiger partial charge in [-0.25, -0.2) is 13.8 Å². The van der Waals surface area contributed by atoms with Crippen molar-refractivity contribution >= 4 is 28.9 Å². The van der Waals surface area contributed by atoms with Crippen LogP contribution in [0.25, 0.3) is 0 Å². The van der Waals surface area contributed by atoms with Crippen LogP contribution in [0.15, 0.2) is 48.7 Å². The summed E-state index contributed by atoms with van der Waals surface area (Å²) < 4.78 is 27.8. The Hall–Kier alpha value is -3.59. The largest absolute Gasteiger partial charge is 0.383 e. The number of nitrogens with zero attached hydrogens (tertiary/aromatic N) is 4. The standard InChI is InChI=1S/C22H22F2N6O/c1-29-9-11-30(12-10-29)15-7-5-14(6-8-15)27-22-26-13-16(21(25)28-22)20(31)19-17(23)3-2-4-18(19)24/h2-8,13H,9-12H2,1H3,(H3,25,26,27,28). The average Bonchev–Trinajstić information content (AvgIpc) is 2.75. The zero-order valence-corrected chi connectivity index (χ0v) is 17.0. The second kappa shape index (κ2) is 8.65. The highest BCUT2D eigenvalue weighted by molar-refractivity contribution is 6.11. The van der Waals surface area contributed by atoms with Gasteiger partial charge in [0.1, 0.15) is 17.5 Å².